The lowest BCUT2D eigenvalue weighted by atomic mass is 10.4. The van der Waals surface area contributed by atoms with Gasteiger partial charge in [0.1, 0.15) is 0 Å². The predicted molar refractivity (Wildman–Crippen MR) is 41.9 cm³/mol. The van der Waals surface area contributed by atoms with Crippen molar-refractivity contribution in [3.05, 3.63) is 11.9 Å². The van der Waals surface area contributed by atoms with E-state index in [0.29, 0.717) is 0 Å². The van der Waals surface area contributed by atoms with Gasteiger partial charge in [0.25, 0.3) is 0 Å². The lowest BCUT2D eigenvalue weighted by molar-refractivity contribution is 0.448. The van der Waals surface area contributed by atoms with Gasteiger partial charge in [-0.05, 0) is 12.8 Å². The largest absolute Gasteiger partial charge is 0.403 e. The molecule has 0 bridgehead atoms. The Morgan fingerprint density at radius 2 is 2.00 bits per heavy atom. The maximum absolute atomic E-state index is 7.01. The first-order chi connectivity index (χ1) is 4.88. The summed E-state index contributed by atoms with van der Waals surface area (Å²) >= 11 is 0. The second-order valence-corrected chi connectivity index (χ2v) is 2.43. The molecule has 0 aromatic carbocycles. The molecule has 1 fully saturated rings. The minimum atomic E-state index is 0.845. The van der Waals surface area contributed by atoms with Gasteiger partial charge in [-0.1, -0.05) is 0 Å². The number of nitrogens with one attached hydrogen (secondary N) is 1. The molecule has 3 nitrogen and oxygen atoms in total. The van der Waals surface area contributed by atoms with Gasteiger partial charge in [0, 0.05) is 25.5 Å². The van der Waals surface area contributed by atoms with Gasteiger partial charge < -0.3 is 16.0 Å². The van der Waals surface area contributed by atoms with Crippen LogP contribution in [0.5, 0.6) is 0 Å². The van der Waals surface area contributed by atoms with Gasteiger partial charge in [-0.25, -0.2) is 0 Å². The van der Waals surface area contributed by atoms with E-state index in [1.807, 2.05) is 0 Å². The summed E-state index contributed by atoms with van der Waals surface area (Å²) in [6.07, 6.45) is 5.26. The molecule has 0 amide bonds. The molecule has 56 valence electrons. The van der Waals surface area contributed by atoms with E-state index in [1.165, 1.54) is 25.3 Å². The van der Waals surface area contributed by atoms with Gasteiger partial charge >= 0.3 is 0 Å². The number of nitrogens with zero attached hydrogens (tertiary/aromatic N) is 1. The monoisotopic (exact) mass is 139 g/mol. The molecule has 0 aliphatic carbocycles. The van der Waals surface area contributed by atoms with Crippen molar-refractivity contribution in [3.63, 3.8) is 0 Å². The predicted octanol–water partition coefficient (Wildman–Crippen LogP) is 0.532. The van der Waals surface area contributed by atoms with Crippen molar-refractivity contribution < 1.29 is 0 Å². The zero-order chi connectivity index (χ0) is 7.40. The number of hydrogen-bond donors (Lipinski definition) is 2. The van der Waals surface area contributed by atoms with Crippen LogP contribution in [0.1, 0.15) is 12.8 Å². The van der Waals surface area contributed by atoms with E-state index in [0.717, 1.165) is 18.8 Å². The minimum absolute atomic E-state index is 0.845. The number of hydrogen-bond acceptors (Lipinski definition) is 3. The summed E-state index contributed by atoms with van der Waals surface area (Å²) < 4.78 is 0. The van der Waals surface area contributed by atoms with Crippen molar-refractivity contribution >= 4 is 6.21 Å². The van der Waals surface area contributed by atoms with E-state index >= 15 is 0 Å². The van der Waals surface area contributed by atoms with Gasteiger partial charge in [0.05, 0.1) is 5.70 Å². The molecule has 3 N–H and O–H groups in total. The maximum Gasteiger partial charge on any atom is 0.0702 e. The van der Waals surface area contributed by atoms with Gasteiger partial charge in [0.15, 0.2) is 0 Å². The molecule has 0 aromatic rings. The average molecular weight is 139 g/mol. The smallest absolute Gasteiger partial charge is 0.0702 e. The molecule has 0 unspecified atom stereocenters. The van der Waals surface area contributed by atoms with E-state index in [1.54, 1.807) is 0 Å². The second-order valence-electron chi connectivity index (χ2n) is 2.43. The first-order valence-corrected chi connectivity index (χ1v) is 3.56. The van der Waals surface area contributed by atoms with Crippen LogP contribution in [0.4, 0.5) is 0 Å². The highest BCUT2D eigenvalue weighted by Crippen LogP contribution is 2.11. The molecule has 0 atom stereocenters. The van der Waals surface area contributed by atoms with Crippen LogP contribution in [0.25, 0.3) is 0 Å². The Hall–Kier alpha value is -0.990. The molecule has 1 saturated heterocycles. The van der Waals surface area contributed by atoms with Crippen LogP contribution in [-0.2, 0) is 0 Å². The third-order valence-corrected chi connectivity index (χ3v) is 1.79. The lowest BCUT2D eigenvalue weighted by Crippen LogP contribution is -2.20. The molecule has 0 spiro atoms. The first-order valence-electron chi connectivity index (χ1n) is 3.56. The zero-order valence-corrected chi connectivity index (χ0v) is 6.01. The highest BCUT2D eigenvalue weighted by molar-refractivity contribution is 5.74. The van der Waals surface area contributed by atoms with Crippen LogP contribution >= 0.6 is 0 Å². The molecule has 1 heterocycles. The Kier molecular flexibility index (Phi) is 2.31. The quantitative estimate of drug-likeness (QED) is 0.548. The summed E-state index contributed by atoms with van der Waals surface area (Å²) in [4.78, 5) is 2.13. The zero-order valence-electron chi connectivity index (χ0n) is 6.01. The number of likely N-dealkylation sites (tertiary alicyclic amines) is 1. The van der Waals surface area contributed by atoms with Crippen molar-refractivity contribution in [1.29, 1.82) is 5.41 Å². The van der Waals surface area contributed by atoms with Crippen molar-refractivity contribution in [3.8, 4) is 0 Å². The lowest BCUT2D eigenvalue weighted by Gasteiger charge is -2.16. The third-order valence-electron chi connectivity index (χ3n) is 1.79. The van der Waals surface area contributed by atoms with Crippen molar-refractivity contribution in [1.82, 2.24) is 4.90 Å². The topological polar surface area (TPSA) is 53.1 Å². The highest BCUT2D eigenvalue weighted by atomic mass is 15.2. The summed E-state index contributed by atoms with van der Waals surface area (Å²) in [5, 5.41) is 7.01. The van der Waals surface area contributed by atoms with Gasteiger partial charge in [-0.15, -0.1) is 0 Å². The second kappa shape index (κ2) is 3.25. The molecule has 1 aliphatic heterocycles. The summed E-state index contributed by atoms with van der Waals surface area (Å²) in [6, 6.07) is 0. The van der Waals surface area contributed by atoms with Crippen LogP contribution < -0.4 is 5.73 Å². The summed E-state index contributed by atoms with van der Waals surface area (Å²) in [6.45, 7) is 2.11. The van der Waals surface area contributed by atoms with Crippen molar-refractivity contribution in [2.24, 2.45) is 5.73 Å². The fourth-order valence-electron chi connectivity index (χ4n) is 1.22. The first kappa shape index (κ1) is 7.12. The molecule has 0 saturated carbocycles. The van der Waals surface area contributed by atoms with Crippen LogP contribution in [0.3, 0.4) is 0 Å². The fourth-order valence-corrected chi connectivity index (χ4v) is 1.22. The Morgan fingerprint density at radius 3 is 2.40 bits per heavy atom. The molecule has 0 aromatic heterocycles. The van der Waals surface area contributed by atoms with E-state index in [-0.39, 0.29) is 0 Å². The van der Waals surface area contributed by atoms with Crippen LogP contribution in [0.15, 0.2) is 11.9 Å². The van der Waals surface area contributed by atoms with Crippen LogP contribution in [-0.4, -0.2) is 24.2 Å². The molecule has 0 radical (unpaired) electrons. The number of nitrogens with two attached hydrogens (primary N) is 1. The molecule has 10 heavy (non-hydrogen) atoms. The third kappa shape index (κ3) is 1.29. The Labute approximate surface area is 61.0 Å². The normalized spacial score (nSPS) is 19.6. The number of rotatable bonds is 2. The van der Waals surface area contributed by atoms with Gasteiger partial charge in [0.2, 0.25) is 0 Å². The van der Waals surface area contributed by atoms with E-state index in [9.17, 15) is 0 Å². The molecule has 3 heteroatoms. The fraction of sp³-hybridized carbons (Fsp3) is 0.571. The maximum atomic E-state index is 7.01. The van der Waals surface area contributed by atoms with E-state index in [2.05, 4.69) is 4.90 Å². The number of allylic oxidation sites excluding steroid dienone is 1. The van der Waals surface area contributed by atoms with Crippen molar-refractivity contribution in [2.75, 3.05) is 13.1 Å². The molecular weight excluding hydrogens is 126 g/mol. The summed E-state index contributed by atoms with van der Waals surface area (Å²) in [5.41, 5.74) is 6.15. The van der Waals surface area contributed by atoms with E-state index < -0.39 is 0 Å². The summed E-state index contributed by atoms with van der Waals surface area (Å²) in [5.74, 6) is 0. The standard InChI is InChI=1S/C7H13N3/c8-5-7(6-9)10-3-1-2-4-10/h5-6,8H,1-4,9H2/b7-6+,8-5?. The average Bonchev–Trinajstić information content (AvgIpc) is 2.43. The van der Waals surface area contributed by atoms with Crippen LogP contribution in [0.2, 0.25) is 0 Å². The van der Waals surface area contributed by atoms with Gasteiger partial charge in [-0.2, -0.15) is 0 Å². The van der Waals surface area contributed by atoms with Crippen LogP contribution in [0, 0.1) is 5.41 Å². The highest BCUT2D eigenvalue weighted by Gasteiger charge is 2.11. The van der Waals surface area contributed by atoms with Gasteiger partial charge in [-0.3, -0.25) is 0 Å². The Bertz CT molecular complexity index is 145. The van der Waals surface area contributed by atoms with Crippen molar-refractivity contribution in [2.45, 2.75) is 12.8 Å². The SMILES string of the molecule is N=C/C(=C\N)N1CCCC1. The molecule has 1 rings (SSSR count). The Morgan fingerprint density at radius 1 is 1.40 bits per heavy atom. The van der Waals surface area contributed by atoms with E-state index in [4.69, 9.17) is 11.1 Å². The molecule has 1 aliphatic rings. The minimum Gasteiger partial charge on any atom is -0.403 e. The molecular formula is C7H13N3. The summed E-state index contributed by atoms with van der Waals surface area (Å²) in [7, 11) is 0. The Balaban J connectivity index is 2.53.